The Bertz CT molecular complexity index is 316. The molecule has 1 aromatic rings. The molecule has 0 amide bonds. The van der Waals surface area contributed by atoms with Gasteiger partial charge in [0.2, 0.25) is 0 Å². The lowest BCUT2D eigenvalue weighted by Crippen LogP contribution is -2.28. The van der Waals surface area contributed by atoms with Gasteiger partial charge < -0.3 is 10.1 Å². The van der Waals surface area contributed by atoms with Crippen molar-refractivity contribution in [3.63, 3.8) is 0 Å². The largest absolute Gasteiger partial charge is 0.372 e. The molecule has 1 atom stereocenters. The molecule has 1 N–H and O–H groups in total. The summed E-state index contributed by atoms with van der Waals surface area (Å²) >= 11 is 5.62. The molecular weight excluding hydrogens is 210 g/mol. The summed E-state index contributed by atoms with van der Waals surface area (Å²) in [6, 6.07) is 8.50. The first-order chi connectivity index (χ1) is 7.42. The van der Waals surface area contributed by atoms with E-state index in [1.54, 1.807) is 0 Å². The summed E-state index contributed by atoms with van der Waals surface area (Å²) in [5.74, 6) is 0.647. The van der Waals surface area contributed by atoms with Gasteiger partial charge in [-0.3, -0.25) is 0 Å². The molecule has 0 saturated carbocycles. The van der Waals surface area contributed by atoms with Crippen molar-refractivity contribution >= 4 is 11.6 Å². The van der Waals surface area contributed by atoms with E-state index in [9.17, 15) is 0 Å². The van der Waals surface area contributed by atoms with Gasteiger partial charge in [0, 0.05) is 19.0 Å². The quantitative estimate of drug-likeness (QED) is 0.626. The monoisotopic (exact) mass is 225 g/mol. The van der Waals surface area contributed by atoms with Gasteiger partial charge in [0.1, 0.15) is 0 Å². The molecule has 2 rings (SSSR count). The van der Waals surface area contributed by atoms with E-state index in [-0.39, 0.29) is 6.10 Å². The minimum Gasteiger partial charge on any atom is -0.372 e. The fourth-order valence-electron chi connectivity index (χ4n) is 1.95. The highest BCUT2D eigenvalue weighted by molar-refractivity contribution is 6.18. The van der Waals surface area contributed by atoms with E-state index >= 15 is 0 Å². The first kappa shape index (κ1) is 10.9. The van der Waals surface area contributed by atoms with Crippen LogP contribution in [-0.2, 0) is 11.2 Å². The van der Waals surface area contributed by atoms with E-state index in [4.69, 9.17) is 16.3 Å². The third-order valence-electron chi connectivity index (χ3n) is 2.69. The standard InChI is InChI=1S/C12H16ClNO/c13-6-7-14-9-12-11-4-2-1-3-10(11)5-8-15-12/h1-4,12,14H,5-9H2. The molecule has 0 aromatic heterocycles. The van der Waals surface area contributed by atoms with Crippen LogP contribution in [0.25, 0.3) is 0 Å². The predicted octanol–water partition coefficient (Wildman–Crippen LogP) is 2.13. The van der Waals surface area contributed by atoms with Crippen LogP contribution in [0, 0.1) is 0 Å². The van der Waals surface area contributed by atoms with E-state index in [0.717, 1.165) is 26.1 Å². The van der Waals surface area contributed by atoms with Gasteiger partial charge in [-0.1, -0.05) is 24.3 Å². The van der Waals surface area contributed by atoms with Crippen molar-refractivity contribution < 1.29 is 4.74 Å². The van der Waals surface area contributed by atoms with Gasteiger partial charge in [0.05, 0.1) is 12.7 Å². The Hall–Kier alpha value is -0.570. The maximum absolute atomic E-state index is 5.75. The fourth-order valence-corrected chi connectivity index (χ4v) is 2.08. The van der Waals surface area contributed by atoms with Crippen LogP contribution < -0.4 is 5.32 Å². The average Bonchev–Trinajstić information content (AvgIpc) is 2.30. The highest BCUT2D eigenvalue weighted by Crippen LogP contribution is 2.25. The Balaban J connectivity index is 2.02. The summed E-state index contributed by atoms with van der Waals surface area (Å²) in [5, 5.41) is 3.29. The topological polar surface area (TPSA) is 21.3 Å². The average molecular weight is 226 g/mol. The van der Waals surface area contributed by atoms with Gasteiger partial charge in [-0.2, -0.15) is 0 Å². The Kier molecular flexibility index (Phi) is 4.01. The second kappa shape index (κ2) is 5.50. The first-order valence-corrected chi connectivity index (χ1v) is 5.91. The number of benzene rings is 1. The molecule has 15 heavy (non-hydrogen) atoms. The maximum atomic E-state index is 5.75. The Morgan fingerprint density at radius 3 is 3.13 bits per heavy atom. The van der Waals surface area contributed by atoms with Crippen molar-refractivity contribution in [2.24, 2.45) is 0 Å². The number of nitrogens with one attached hydrogen (secondary N) is 1. The van der Waals surface area contributed by atoms with Crippen LogP contribution in [0.3, 0.4) is 0 Å². The number of ether oxygens (including phenoxy) is 1. The van der Waals surface area contributed by atoms with Gasteiger partial charge in [0.25, 0.3) is 0 Å². The summed E-state index contributed by atoms with van der Waals surface area (Å²) in [7, 11) is 0. The van der Waals surface area contributed by atoms with Crippen LogP contribution in [0.2, 0.25) is 0 Å². The van der Waals surface area contributed by atoms with Crippen LogP contribution in [0.1, 0.15) is 17.2 Å². The summed E-state index contributed by atoms with van der Waals surface area (Å²) in [5.41, 5.74) is 2.74. The molecule has 0 spiro atoms. The lowest BCUT2D eigenvalue weighted by atomic mass is 9.98. The molecule has 82 valence electrons. The Morgan fingerprint density at radius 1 is 1.40 bits per heavy atom. The number of rotatable bonds is 4. The molecule has 1 heterocycles. The van der Waals surface area contributed by atoms with Gasteiger partial charge in [0.15, 0.2) is 0 Å². The van der Waals surface area contributed by atoms with E-state index in [0.29, 0.717) is 5.88 Å². The van der Waals surface area contributed by atoms with Crippen molar-refractivity contribution in [1.82, 2.24) is 5.32 Å². The molecule has 0 fully saturated rings. The van der Waals surface area contributed by atoms with E-state index in [1.807, 2.05) is 0 Å². The molecule has 1 aromatic carbocycles. The highest BCUT2D eigenvalue weighted by atomic mass is 35.5. The van der Waals surface area contributed by atoms with Gasteiger partial charge in [-0.15, -0.1) is 11.6 Å². The van der Waals surface area contributed by atoms with Crippen molar-refractivity contribution in [1.29, 1.82) is 0 Å². The molecule has 1 aliphatic heterocycles. The van der Waals surface area contributed by atoms with Crippen molar-refractivity contribution in [3.8, 4) is 0 Å². The Morgan fingerprint density at radius 2 is 2.27 bits per heavy atom. The number of halogens is 1. The van der Waals surface area contributed by atoms with E-state index < -0.39 is 0 Å². The predicted molar refractivity (Wildman–Crippen MR) is 62.4 cm³/mol. The summed E-state index contributed by atoms with van der Waals surface area (Å²) in [6.45, 7) is 2.51. The zero-order valence-electron chi connectivity index (χ0n) is 8.71. The smallest absolute Gasteiger partial charge is 0.0952 e. The SMILES string of the molecule is ClCCNCC1OCCc2ccccc21. The molecule has 0 saturated heterocycles. The minimum atomic E-state index is 0.193. The maximum Gasteiger partial charge on any atom is 0.0952 e. The summed E-state index contributed by atoms with van der Waals surface area (Å²) in [4.78, 5) is 0. The molecule has 0 radical (unpaired) electrons. The van der Waals surface area contributed by atoms with Crippen molar-refractivity contribution in [2.45, 2.75) is 12.5 Å². The molecular formula is C12H16ClNO. The third-order valence-corrected chi connectivity index (χ3v) is 2.88. The molecule has 1 unspecified atom stereocenters. The zero-order chi connectivity index (χ0) is 10.5. The van der Waals surface area contributed by atoms with E-state index in [1.165, 1.54) is 11.1 Å². The third kappa shape index (κ3) is 2.71. The lowest BCUT2D eigenvalue weighted by Gasteiger charge is -2.26. The van der Waals surface area contributed by atoms with Crippen LogP contribution in [0.4, 0.5) is 0 Å². The van der Waals surface area contributed by atoms with Gasteiger partial charge in [-0.05, 0) is 17.5 Å². The lowest BCUT2D eigenvalue weighted by molar-refractivity contribution is 0.0429. The fraction of sp³-hybridized carbons (Fsp3) is 0.500. The summed E-state index contributed by atoms with van der Waals surface area (Å²) < 4.78 is 5.75. The second-order valence-electron chi connectivity index (χ2n) is 3.70. The van der Waals surface area contributed by atoms with Crippen LogP contribution in [-0.4, -0.2) is 25.6 Å². The number of alkyl halides is 1. The van der Waals surface area contributed by atoms with Crippen LogP contribution >= 0.6 is 11.6 Å². The van der Waals surface area contributed by atoms with Crippen LogP contribution in [0.15, 0.2) is 24.3 Å². The molecule has 0 bridgehead atoms. The van der Waals surface area contributed by atoms with Gasteiger partial charge in [-0.25, -0.2) is 0 Å². The molecule has 1 aliphatic rings. The van der Waals surface area contributed by atoms with Gasteiger partial charge >= 0.3 is 0 Å². The van der Waals surface area contributed by atoms with Crippen molar-refractivity contribution in [3.05, 3.63) is 35.4 Å². The van der Waals surface area contributed by atoms with Crippen molar-refractivity contribution in [2.75, 3.05) is 25.6 Å². The van der Waals surface area contributed by atoms with E-state index in [2.05, 4.69) is 29.6 Å². The second-order valence-corrected chi connectivity index (χ2v) is 4.08. The normalized spacial score (nSPS) is 19.9. The molecule has 0 aliphatic carbocycles. The minimum absolute atomic E-state index is 0.193. The van der Waals surface area contributed by atoms with Crippen LogP contribution in [0.5, 0.6) is 0 Å². The highest BCUT2D eigenvalue weighted by Gasteiger charge is 2.19. The number of hydrogen-bond acceptors (Lipinski definition) is 2. The summed E-state index contributed by atoms with van der Waals surface area (Å²) in [6.07, 6.45) is 1.22. The number of fused-ring (bicyclic) bond motifs is 1. The molecule has 3 heteroatoms. The zero-order valence-corrected chi connectivity index (χ0v) is 9.46. The first-order valence-electron chi connectivity index (χ1n) is 5.38. The molecule has 2 nitrogen and oxygen atoms in total. The Labute approximate surface area is 95.6 Å². The number of hydrogen-bond donors (Lipinski definition) is 1.